The van der Waals surface area contributed by atoms with Gasteiger partial charge in [-0.2, -0.15) is 0 Å². The summed E-state index contributed by atoms with van der Waals surface area (Å²) in [5, 5.41) is 0. The third-order valence-corrected chi connectivity index (χ3v) is 7.20. The van der Waals surface area contributed by atoms with E-state index in [0.717, 1.165) is 0 Å². The third-order valence-electron chi connectivity index (χ3n) is 7.20. The Labute approximate surface area is 292 Å². The maximum atomic E-state index is 5.64. The zero-order chi connectivity index (χ0) is 35.3. The highest BCUT2D eigenvalue weighted by molar-refractivity contribution is 5.61. The van der Waals surface area contributed by atoms with Gasteiger partial charge in [-0.15, -0.1) is 0 Å². The Morgan fingerprint density at radius 2 is 0.740 bits per heavy atom. The van der Waals surface area contributed by atoms with Crippen LogP contribution in [0.2, 0.25) is 0 Å². The van der Waals surface area contributed by atoms with Crippen molar-refractivity contribution in [3.63, 3.8) is 0 Å². The Kier molecular flexibility index (Phi) is 11.5. The molecular weight excluding hydrogens is 628 g/mol. The highest BCUT2D eigenvalue weighted by Gasteiger charge is 2.09. The maximum absolute atomic E-state index is 5.64. The van der Waals surface area contributed by atoms with Crippen molar-refractivity contribution in [1.29, 1.82) is 0 Å². The number of benzene rings is 3. The lowest BCUT2D eigenvalue weighted by Gasteiger charge is -2.09. The van der Waals surface area contributed by atoms with Crippen molar-refractivity contribution in [3.8, 4) is 81.9 Å². The predicted octanol–water partition coefficient (Wildman–Crippen LogP) is 6.13. The lowest BCUT2D eigenvalue weighted by molar-refractivity contribution is 0.401. The topological polar surface area (TPSA) is 81.2 Å². The van der Waals surface area contributed by atoms with Gasteiger partial charge in [-0.25, -0.2) is 9.97 Å². The van der Waals surface area contributed by atoms with E-state index in [9.17, 15) is 0 Å². The lowest BCUT2D eigenvalue weighted by Crippen LogP contribution is -1.94. The number of hydrogen-bond acceptors (Lipinski definition) is 8. The summed E-state index contributed by atoms with van der Waals surface area (Å²) in [6.07, 6.45) is 3.34. The Hall–Kier alpha value is -7.00. The van der Waals surface area contributed by atoms with Crippen molar-refractivity contribution in [1.82, 2.24) is 9.97 Å². The van der Waals surface area contributed by atoms with Gasteiger partial charge in [0.2, 0.25) is 0 Å². The van der Waals surface area contributed by atoms with Crippen LogP contribution in [0.3, 0.4) is 0 Å². The van der Waals surface area contributed by atoms with Gasteiger partial charge in [-0.05, 0) is 72.5 Å². The highest BCUT2D eigenvalue weighted by atomic mass is 16.5. The van der Waals surface area contributed by atoms with Crippen LogP contribution < -0.4 is 28.4 Å². The van der Waals surface area contributed by atoms with Gasteiger partial charge in [0.1, 0.15) is 45.9 Å². The van der Waals surface area contributed by atoms with E-state index in [2.05, 4.69) is 57.3 Å². The van der Waals surface area contributed by atoms with Crippen LogP contribution >= 0.6 is 0 Å². The molecule has 0 spiro atoms. The molecule has 8 heteroatoms. The smallest absolute Gasteiger partial charge is 0.136 e. The molecule has 246 valence electrons. The summed E-state index contributed by atoms with van der Waals surface area (Å²) in [6.45, 7) is 0. The van der Waals surface area contributed by atoms with E-state index >= 15 is 0 Å². The molecule has 0 bridgehead atoms. The van der Waals surface area contributed by atoms with Crippen molar-refractivity contribution in [2.45, 2.75) is 0 Å². The van der Waals surface area contributed by atoms with Gasteiger partial charge in [0.25, 0.3) is 0 Å². The minimum Gasteiger partial charge on any atom is -0.497 e. The maximum Gasteiger partial charge on any atom is 0.136 e. The molecule has 0 aliphatic heterocycles. The van der Waals surface area contributed by atoms with Gasteiger partial charge in [-0.1, -0.05) is 35.5 Å². The molecule has 0 unspecified atom stereocenters. The molecule has 0 N–H and O–H groups in total. The molecule has 50 heavy (non-hydrogen) atoms. The van der Waals surface area contributed by atoms with Crippen molar-refractivity contribution < 1.29 is 28.4 Å². The van der Waals surface area contributed by atoms with Gasteiger partial charge >= 0.3 is 0 Å². The fourth-order valence-corrected chi connectivity index (χ4v) is 4.54. The number of pyridine rings is 2. The van der Waals surface area contributed by atoms with Crippen LogP contribution in [-0.2, 0) is 0 Å². The van der Waals surface area contributed by atoms with Gasteiger partial charge < -0.3 is 28.4 Å². The Morgan fingerprint density at radius 1 is 0.360 bits per heavy atom. The first-order valence-electron chi connectivity index (χ1n) is 15.2. The van der Waals surface area contributed by atoms with Crippen LogP contribution in [0.4, 0.5) is 0 Å². The standard InChI is InChI=1S/C42H32N2O6/c1-45-37-19-21-39(47-3)31(23-37)13-17-35-15-9-29(27-43-35)7-11-33-25-42(50-6)34(26-41(33)49-5)12-8-30-10-16-36(44-28-30)18-14-32-24-38(46-2)20-22-40(32)48-4/h9-10,15-16,19-28H,1-6H3. The molecule has 2 aromatic heterocycles. The molecule has 0 aliphatic carbocycles. The molecule has 3 aromatic carbocycles. The van der Waals surface area contributed by atoms with Gasteiger partial charge in [-0.3, -0.25) is 0 Å². The molecule has 5 aromatic rings. The van der Waals surface area contributed by atoms with Crippen molar-refractivity contribution in [2.24, 2.45) is 0 Å². The first-order valence-corrected chi connectivity index (χ1v) is 15.2. The largest absolute Gasteiger partial charge is 0.497 e. The zero-order valence-electron chi connectivity index (χ0n) is 28.4. The normalized spacial score (nSPS) is 9.56. The number of methoxy groups -OCH3 is 6. The van der Waals surface area contributed by atoms with E-state index in [0.29, 0.717) is 79.3 Å². The number of rotatable bonds is 6. The average molecular weight is 661 g/mol. The predicted molar refractivity (Wildman–Crippen MR) is 191 cm³/mol. The molecule has 0 radical (unpaired) electrons. The molecule has 5 rings (SSSR count). The second-order valence-electron chi connectivity index (χ2n) is 10.2. The van der Waals surface area contributed by atoms with Crippen LogP contribution in [0, 0.1) is 47.4 Å². The molecule has 0 fully saturated rings. The summed E-state index contributed by atoms with van der Waals surface area (Å²) in [4.78, 5) is 8.89. The molecular formula is C42H32N2O6. The van der Waals surface area contributed by atoms with E-state index in [-0.39, 0.29) is 0 Å². The Morgan fingerprint density at radius 3 is 1.08 bits per heavy atom. The number of aromatic nitrogens is 2. The average Bonchev–Trinajstić information content (AvgIpc) is 3.17. The van der Waals surface area contributed by atoms with Gasteiger partial charge in [0.05, 0.1) is 64.9 Å². The SMILES string of the molecule is COc1ccc(OC)c(C#Cc2ccc(C#Cc3cc(OC)c(C#Cc4ccc(C#Cc5cc(OC)ccc5OC)nc4)cc3OC)cn2)c1. The van der Waals surface area contributed by atoms with Crippen LogP contribution in [0.25, 0.3) is 0 Å². The van der Waals surface area contributed by atoms with Gasteiger partial charge in [0, 0.05) is 35.7 Å². The second kappa shape index (κ2) is 16.7. The van der Waals surface area contributed by atoms with E-state index in [1.807, 2.05) is 60.7 Å². The van der Waals surface area contributed by atoms with Crippen LogP contribution in [0.15, 0.2) is 85.2 Å². The lowest BCUT2D eigenvalue weighted by atomic mass is 10.1. The number of hydrogen-bond donors (Lipinski definition) is 0. The summed E-state index contributed by atoms with van der Waals surface area (Å²) in [5.41, 5.74) is 5.29. The van der Waals surface area contributed by atoms with Crippen molar-refractivity contribution >= 4 is 0 Å². The summed E-state index contributed by atoms with van der Waals surface area (Å²) >= 11 is 0. The molecule has 8 nitrogen and oxygen atoms in total. The highest BCUT2D eigenvalue weighted by Crippen LogP contribution is 2.28. The third kappa shape index (κ3) is 8.67. The van der Waals surface area contributed by atoms with Crippen LogP contribution in [0.1, 0.15) is 44.8 Å². The Bertz CT molecular complexity index is 2090. The van der Waals surface area contributed by atoms with Crippen molar-refractivity contribution in [3.05, 3.63) is 130 Å². The fourth-order valence-electron chi connectivity index (χ4n) is 4.54. The summed E-state index contributed by atoms with van der Waals surface area (Å²) in [5.74, 6) is 28.7. The molecule has 2 heterocycles. The molecule has 0 saturated heterocycles. The first-order chi connectivity index (χ1) is 24.5. The molecule has 0 amide bonds. The summed E-state index contributed by atoms with van der Waals surface area (Å²) in [6, 6.07) is 21.8. The fraction of sp³-hybridized carbons (Fsp3) is 0.143. The van der Waals surface area contributed by atoms with E-state index in [1.165, 1.54) is 0 Å². The van der Waals surface area contributed by atoms with Crippen LogP contribution in [-0.4, -0.2) is 52.6 Å². The van der Waals surface area contributed by atoms with E-state index in [1.54, 1.807) is 67.2 Å². The molecule has 0 saturated carbocycles. The minimum absolute atomic E-state index is 0.557. The number of nitrogens with zero attached hydrogens (tertiary/aromatic N) is 2. The molecule has 0 atom stereocenters. The monoisotopic (exact) mass is 660 g/mol. The summed E-state index contributed by atoms with van der Waals surface area (Å²) < 4.78 is 32.7. The van der Waals surface area contributed by atoms with Gasteiger partial charge in [0.15, 0.2) is 0 Å². The quantitative estimate of drug-likeness (QED) is 0.202. The van der Waals surface area contributed by atoms with Crippen LogP contribution in [0.5, 0.6) is 34.5 Å². The van der Waals surface area contributed by atoms with E-state index in [4.69, 9.17) is 28.4 Å². The summed E-state index contributed by atoms with van der Waals surface area (Å²) in [7, 11) is 9.58. The Balaban J connectivity index is 1.31. The van der Waals surface area contributed by atoms with Crippen molar-refractivity contribution in [2.75, 3.05) is 42.7 Å². The minimum atomic E-state index is 0.557. The van der Waals surface area contributed by atoms with E-state index < -0.39 is 0 Å². The molecule has 0 aliphatic rings. The first kappa shape index (κ1) is 34.3. The second-order valence-corrected chi connectivity index (χ2v) is 10.2. The zero-order valence-corrected chi connectivity index (χ0v) is 28.4. The number of ether oxygens (including phenoxy) is 6.